The van der Waals surface area contributed by atoms with Crippen LogP contribution >= 0.6 is 0 Å². The minimum absolute atomic E-state index is 0.131. The third-order valence-corrected chi connectivity index (χ3v) is 6.39. The summed E-state index contributed by atoms with van der Waals surface area (Å²) in [6.45, 7) is 0. The Morgan fingerprint density at radius 3 is 2.00 bits per heavy atom. The molecule has 4 fully saturated rings. The fourth-order valence-electron chi connectivity index (χ4n) is 5.80. The van der Waals surface area contributed by atoms with Crippen molar-refractivity contribution in [1.82, 2.24) is 5.32 Å². The van der Waals surface area contributed by atoms with Gasteiger partial charge in [0.1, 0.15) is 0 Å². The van der Waals surface area contributed by atoms with Crippen molar-refractivity contribution in [1.29, 1.82) is 0 Å². The van der Waals surface area contributed by atoms with Gasteiger partial charge < -0.3 is 5.32 Å². The molecule has 1 unspecified atom stereocenters. The zero-order valence-electron chi connectivity index (χ0n) is 13.4. The fraction of sp³-hybridized carbons (Fsp3) is 0.632. The van der Waals surface area contributed by atoms with Crippen LogP contribution in [-0.2, 0) is 4.79 Å². The summed E-state index contributed by atoms with van der Waals surface area (Å²) in [5.41, 5.74) is 0.799. The summed E-state index contributed by atoms with van der Waals surface area (Å²) in [6.07, 6.45) is 0.918. The van der Waals surface area contributed by atoms with E-state index in [-0.39, 0.29) is 5.92 Å². The summed E-state index contributed by atoms with van der Waals surface area (Å²) < 4.78 is 38.5. The van der Waals surface area contributed by atoms with Crippen molar-refractivity contribution in [3.63, 3.8) is 0 Å². The third kappa shape index (κ3) is 2.82. The fourth-order valence-corrected chi connectivity index (χ4v) is 5.80. The molecule has 5 heteroatoms. The minimum atomic E-state index is -4.83. The lowest BCUT2D eigenvalue weighted by Crippen LogP contribution is -2.51. The molecule has 5 rings (SSSR count). The molecule has 1 aromatic rings. The lowest BCUT2D eigenvalue weighted by atomic mass is 9.50. The average Bonchev–Trinajstić information content (AvgIpc) is 2.52. The highest BCUT2D eigenvalue weighted by Gasteiger charge is 2.52. The van der Waals surface area contributed by atoms with Gasteiger partial charge in [0, 0.05) is 0 Å². The van der Waals surface area contributed by atoms with Gasteiger partial charge in [0.15, 0.2) is 0 Å². The minimum Gasteiger partial charge on any atom is -0.341 e. The van der Waals surface area contributed by atoms with Crippen LogP contribution in [0.25, 0.3) is 0 Å². The molecular weight excluding hydrogens is 315 g/mol. The van der Waals surface area contributed by atoms with Crippen LogP contribution in [0.15, 0.2) is 30.3 Å². The van der Waals surface area contributed by atoms with E-state index in [1.54, 1.807) is 0 Å². The molecule has 4 saturated carbocycles. The Hall–Kier alpha value is -1.52. The lowest BCUT2D eigenvalue weighted by Gasteiger charge is -2.56. The number of benzene rings is 1. The number of hydrogen-bond acceptors (Lipinski definition) is 1. The average molecular weight is 337 g/mol. The highest BCUT2D eigenvalue weighted by molar-refractivity contribution is 5.82. The van der Waals surface area contributed by atoms with E-state index in [0.29, 0.717) is 11.8 Å². The van der Waals surface area contributed by atoms with Gasteiger partial charge >= 0.3 is 12.1 Å². The Labute approximate surface area is 139 Å². The molecule has 0 radical (unpaired) electrons. The van der Waals surface area contributed by atoms with E-state index in [0.717, 1.165) is 43.1 Å². The molecule has 1 aromatic carbocycles. The molecule has 2 nitrogen and oxygen atoms in total. The summed E-state index contributed by atoms with van der Waals surface area (Å²) in [5, 5.41) is 2.34. The van der Waals surface area contributed by atoms with Gasteiger partial charge in [-0.05, 0) is 67.3 Å². The Kier molecular flexibility index (Phi) is 3.85. The molecule has 0 heterocycles. The molecule has 0 aliphatic heterocycles. The predicted octanol–water partition coefficient (Wildman–Crippen LogP) is 4.48. The third-order valence-electron chi connectivity index (χ3n) is 6.39. The molecule has 0 spiro atoms. The first kappa shape index (κ1) is 16.0. The van der Waals surface area contributed by atoms with Crippen LogP contribution in [0.1, 0.15) is 43.7 Å². The molecule has 4 aliphatic rings. The van der Waals surface area contributed by atoms with E-state index in [4.69, 9.17) is 0 Å². The molecule has 1 amide bonds. The normalized spacial score (nSPS) is 35.7. The van der Waals surface area contributed by atoms with Gasteiger partial charge in [-0.2, -0.15) is 13.2 Å². The van der Waals surface area contributed by atoms with Crippen molar-refractivity contribution < 1.29 is 18.0 Å². The number of nitrogens with one attached hydrogen (secondary N) is 1. The number of carbonyl (C=O) groups is 1. The van der Waals surface area contributed by atoms with Gasteiger partial charge in [-0.3, -0.25) is 4.79 Å². The molecule has 4 aliphatic carbocycles. The molecule has 0 aromatic heterocycles. The maximum Gasteiger partial charge on any atom is 0.471 e. The number of alkyl halides is 3. The van der Waals surface area contributed by atoms with Crippen LogP contribution in [0.4, 0.5) is 13.2 Å². The second kappa shape index (κ2) is 5.78. The van der Waals surface area contributed by atoms with Gasteiger partial charge in [0.25, 0.3) is 0 Å². The number of carbonyl (C=O) groups excluding carboxylic acids is 1. The first-order chi connectivity index (χ1) is 11.4. The van der Waals surface area contributed by atoms with Gasteiger partial charge in [-0.25, -0.2) is 0 Å². The van der Waals surface area contributed by atoms with Crippen molar-refractivity contribution in [2.24, 2.45) is 29.6 Å². The quantitative estimate of drug-likeness (QED) is 0.866. The maximum atomic E-state index is 12.8. The highest BCUT2D eigenvalue weighted by Crippen LogP contribution is 2.59. The number of hydrogen-bond donors (Lipinski definition) is 1. The van der Waals surface area contributed by atoms with Crippen molar-refractivity contribution in [2.45, 2.75) is 44.3 Å². The van der Waals surface area contributed by atoms with Crippen molar-refractivity contribution in [2.75, 3.05) is 0 Å². The van der Waals surface area contributed by atoms with E-state index in [1.807, 2.05) is 30.3 Å². The molecular formula is C19H22F3NO. The van der Waals surface area contributed by atoms with Crippen LogP contribution in [0, 0.1) is 29.6 Å². The van der Waals surface area contributed by atoms with Crippen molar-refractivity contribution >= 4 is 5.91 Å². The van der Waals surface area contributed by atoms with Gasteiger partial charge in [0.05, 0.1) is 6.04 Å². The van der Waals surface area contributed by atoms with E-state index < -0.39 is 18.1 Å². The number of halogens is 3. The van der Waals surface area contributed by atoms with Crippen LogP contribution in [0.5, 0.6) is 0 Å². The van der Waals surface area contributed by atoms with Crippen LogP contribution < -0.4 is 5.32 Å². The lowest BCUT2D eigenvalue weighted by molar-refractivity contribution is -0.176. The monoisotopic (exact) mass is 337 g/mol. The Morgan fingerprint density at radius 2 is 1.50 bits per heavy atom. The Morgan fingerprint density at radius 1 is 0.958 bits per heavy atom. The second-order valence-electron chi connectivity index (χ2n) is 7.87. The maximum absolute atomic E-state index is 12.8. The van der Waals surface area contributed by atoms with E-state index >= 15 is 0 Å². The molecule has 1 atom stereocenters. The Balaban J connectivity index is 1.64. The van der Waals surface area contributed by atoms with Crippen LogP contribution in [0.2, 0.25) is 0 Å². The highest BCUT2D eigenvalue weighted by atomic mass is 19.4. The SMILES string of the molecule is O=C(NC(c1ccccc1)C1C2CC3CC(C2)CC1C3)C(F)(F)F. The van der Waals surface area contributed by atoms with Crippen LogP contribution in [-0.4, -0.2) is 12.1 Å². The molecule has 24 heavy (non-hydrogen) atoms. The number of amides is 1. The molecule has 4 bridgehead atoms. The summed E-state index contributed by atoms with van der Waals surface area (Å²) in [6, 6.07) is 8.66. The standard InChI is InChI=1S/C19H22F3NO/c20-19(21,22)18(24)23-17(13-4-2-1-3-5-13)16-14-7-11-6-12(9-14)10-15(16)8-11/h1-5,11-12,14-17H,6-10H2,(H,23,24). The second-order valence-corrected chi connectivity index (χ2v) is 7.87. The van der Waals surface area contributed by atoms with Gasteiger partial charge in [-0.15, -0.1) is 0 Å². The first-order valence-corrected chi connectivity index (χ1v) is 8.84. The Bertz CT molecular complexity index is 585. The van der Waals surface area contributed by atoms with E-state index in [2.05, 4.69) is 5.32 Å². The summed E-state index contributed by atoms with van der Waals surface area (Å²) in [4.78, 5) is 11.6. The summed E-state index contributed by atoms with van der Waals surface area (Å²) in [5.74, 6) is 0.702. The molecule has 130 valence electrons. The molecule has 1 N–H and O–H groups in total. The first-order valence-electron chi connectivity index (χ1n) is 8.84. The topological polar surface area (TPSA) is 29.1 Å². The zero-order chi connectivity index (χ0) is 16.9. The van der Waals surface area contributed by atoms with E-state index in [9.17, 15) is 18.0 Å². The van der Waals surface area contributed by atoms with Crippen LogP contribution in [0.3, 0.4) is 0 Å². The van der Waals surface area contributed by atoms with Gasteiger partial charge in [0.2, 0.25) is 0 Å². The molecule has 0 saturated heterocycles. The summed E-state index contributed by atoms with van der Waals surface area (Å²) >= 11 is 0. The van der Waals surface area contributed by atoms with Crippen molar-refractivity contribution in [3.05, 3.63) is 35.9 Å². The smallest absolute Gasteiger partial charge is 0.341 e. The largest absolute Gasteiger partial charge is 0.471 e. The zero-order valence-corrected chi connectivity index (χ0v) is 13.4. The summed E-state index contributed by atoms with van der Waals surface area (Å²) in [7, 11) is 0. The predicted molar refractivity (Wildman–Crippen MR) is 83.9 cm³/mol. The van der Waals surface area contributed by atoms with Crippen molar-refractivity contribution in [3.8, 4) is 0 Å². The van der Waals surface area contributed by atoms with Gasteiger partial charge in [-0.1, -0.05) is 30.3 Å². The number of rotatable bonds is 3. The van der Waals surface area contributed by atoms with E-state index in [1.165, 1.54) is 6.42 Å².